The van der Waals surface area contributed by atoms with Crippen LogP contribution in [0.4, 0.5) is 4.39 Å². The number of hydrogen-bond donors (Lipinski definition) is 3. The summed E-state index contributed by atoms with van der Waals surface area (Å²) >= 11 is 0. The molecule has 3 aliphatic carbocycles. The number of alkyl halides is 1. The Morgan fingerprint density at radius 1 is 1.33 bits per heavy atom. The van der Waals surface area contributed by atoms with E-state index in [2.05, 4.69) is 10.2 Å². The highest BCUT2D eigenvalue weighted by Gasteiger charge is 2.76. The summed E-state index contributed by atoms with van der Waals surface area (Å²) in [4.78, 5) is 2.22. The third-order valence-corrected chi connectivity index (χ3v) is 8.10. The van der Waals surface area contributed by atoms with Gasteiger partial charge < -0.3 is 20.3 Å². The molecule has 2 bridgehead atoms. The van der Waals surface area contributed by atoms with Gasteiger partial charge in [0.2, 0.25) is 0 Å². The summed E-state index contributed by atoms with van der Waals surface area (Å²) in [5.74, 6) is 1.10. The molecule has 146 valence electrons. The highest BCUT2D eigenvalue weighted by atomic mass is 19.1. The van der Waals surface area contributed by atoms with Crippen molar-refractivity contribution in [2.45, 2.75) is 67.5 Å². The van der Waals surface area contributed by atoms with Gasteiger partial charge in [-0.1, -0.05) is 6.07 Å². The number of rotatable bonds is 3. The third kappa shape index (κ3) is 1.80. The number of nitrogens with one attached hydrogen (secondary N) is 1. The molecule has 6 rings (SSSR count). The van der Waals surface area contributed by atoms with Crippen LogP contribution in [0.2, 0.25) is 0 Å². The maximum Gasteiger partial charge on any atom is 0.165 e. The van der Waals surface area contributed by atoms with Gasteiger partial charge in [-0.3, -0.25) is 4.90 Å². The summed E-state index contributed by atoms with van der Waals surface area (Å²) in [5.41, 5.74) is -0.487. The number of likely N-dealkylation sites (N-methyl/N-ethyl adjacent to an activating group) is 1. The Hall–Kier alpha value is -1.37. The van der Waals surface area contributed by atoms with E-state index < -0.39 is 23.3 Å². The summed E-state index contributed by atoms with van der Waals surface area (Å²) in [6.07, 6.45) is 2.70. The van der Waals surface area contributed by atoms with E-state index in [0.29, 0.717) is 31.1 Å². The van der Waals surface area contributed by atoms with Crippen LogP contribution in [-0.2, 0) is 11.8 Å². The van der Waals surface area contributed by atoms with Crippen LogP contribution in [-0.4, -0.2) is 65.2 Å². The van der Waals surface area contributed by atoms with E-state index in [4.69, 9.17) is 4.74 Å². The largest absolute Gasteiger partial charge is 0.504 e. The van der Waals surface area contributed by atoms with Crippen LogP contribution in [0.15, 0.2) is 12.1 Å². The van der Waals surface area contributed by atoms with Crippen molar-refractivity contribution < 1.29 is 19.3 Å². The molecular weight excluding hydrogens is 347 g/mol. The second kappa shape index (κ2) is 5.16. The Morgan fingerprint density at radius 2 is 2.15 bits per heavy atom. The first-order valence-corrected chi connectivity index (χ1v) is 10.3. The molecule has 1 spiro atoms. The van der Waals surface area contributed by atoms with Crippen LogP contribution in [0.25, 0.3) is 0 Å². The Bertz CT molecular complexity index is 815. The van der Waals surface area contributed by atoms with Gasteiger partial charge in [0.25, 0.3) is 0 Å². The van der Waals surface area contributed by atoms with Gasteiger partial charge in [-0.15, -0.1) is 0 Å². The number of halogens is 1. The number of hydrogen-bond acceptors (Lipinski definition) is 5. The molecule has 6 heteroatoms. The van der Waals surface area contributed by atoms with Crippen LogP contribution < -0.4 is 10.1 Å². The van der Waals surface area contributed by atoms with Gasteiger partial charge in [0.1, 0.15) is 17.7 Å². The Kier molecular flexibility index (Phi) is 3.17. The molecule has 1 aromatic rings. The maximum atomic E-state index is 16.2. The lowest BCUT2D eigenvalue weighted by molar-refractivity contribution is -0.216. The summed E-state index contributed by atoms with van der Waals surface area (Å²) in [5, 5.41) is 25.9. The van der Waals surface area contributed by atoms with E-state index in [1.165, 1.54) is 12.8 Å². The van der Waals surface area contributed by atoms with Gasteiger partial charge in [-0.2, -0.15) is 0 Å². The van der Waals surface area contributed by atoms with Crippen LogP contribution in [0, 0.1) is 5.92 Å². The highest BCUT2D eigenvalue weighted by Crippen LogP contribution is 2.66. The van der Waals surface area contributed by atoms with Crippen molar-refractivity contribution in [1.29, 1.82) is 0 Å². The van der Waals surface area contributed by atoms with E-state index in [0.717, 1.165) is 24.1 Å². The second-order valence-electron chi connectivity index (χ2n) is 9.30. The third-order valence-electron chi connectivity index (χ3n) is 8.10. The van der Waals surface area contributed by atoms with E-state index in [9.17, 15) is 10.2 Å². The zero-order chi connectivity index (χ0) is 18.6. The standard InChI is InChI=1S/C21H27FN2O3/c1-23-13-6-7-20(26)16-8-12-4-5-14(25)18-17(12)21(20,19(13)27-18)15(22)10-24(16)9-11-2-3-11/h4-5,11,13,15-16,19,23,25-26H,2-3,6-10H2,1H3/t13-,15-,16-,19+,20-,21+/m1/s1. The lowest BCUT2D eigenvalue weighted by Gasteiger charge is -2.65. The fraction of sp³-hybridized carbons (Fsp3) is 0.714. The minimum atomic E-state index is -1.22. The number of piperidine rings is 1. The van der Waals surface area contributed by atoms with E-state index in [1.807, 2.05) is 13.1 Å². The Labute approximate surface area is 158 Å². The van der Waals surface area contributed by atoms with Crippen LogP contribution >= 0.6 is 0 Å². The smallest absolute Gasteiger partial charge is 0.165 e. The SMILES string of the molecule is CN[C@@H]1CC[C@@]2(O)[C@H]3Cc4ccc(O)c5c4[C@@]2([C@H](F)CN3CC2CC2)[C@H]1O5. The lowest BCUT2D eigenvalue weighted by Crippen LogP contribution is -2.81. The van der Waals surface area contributed by atoms with Gasteiger partial charge >= 0.3 is 0 Å². The molecule has 27 heavy (non-hydrogen) atoms. The predicted molar refractivity (Wildman–Crippen MR) is 97.9 cm³/mol. The Balaban J connectivity index is 1.59. The molecule has 5 aliphatic rings. The van der Waals surface area contributed by atoms with Crippen molar-refractivity contribution >= 4 is 0 Å². The normalized spacial score (nSPS) is 44.7. The highest BCUT2D eigenvalue weighted by molar-refractivity contribution is 5.63. The van der Waals surface area contributed by atoms with Crippen molar-refractivity contribution in [1.82, 2.24) is 10.2 Å². The van der Waals surface area contributed by atoms with Gasteiger partial charge in [0, 0.05) is 30.7 Å². The molecule has 3 N–H and O–H groups in total. The number of phenolic OH excluding ortho intramolecular Hbond substituents is 1. The molecule has 3 fully saturated rings. The van der Waals surface area contributed by atoms with Crippen molar-refractivity contribution in [3.63, 3.8) is 0 Å². The van der Waals surface area contributed by atoms with Crippen molar-refractivity contribution in [3.05, 3.63) is 23.3 Å². The minimum absolute atomic E-state index is 0.0445. The number of phenols is 1. The average molecular weight is 374 g/mol. The summed E-state index contributed by atoms with van der Waals surface area (Å²) < 4.78 is 22.4. The van der Waals surface area contributed by atoms with Gasteiger partial charge in [0.05, 0.1) is 5.60 Å². The molecule has 0 aromatic heterocycles. The van der Waals surface area contributed by atoms with Crippen LogP contribution in [0.1, 0.15) is 36.8 Å². The monoisotopic (exact) mass is 374 g/mol. The molecule has 1 aromatic carbocycles. The molecule has 0 amide bonds. The molecule has 0 radical (unpaired) electrons. The fourth-order valence-electron chi connectivity index (χ4n) is 6.78. The quantitative estimate of drug-likeness (QED) is 0.748. The number of ether oxygens (including phenoxy) is 1. The number of nitrogens with zero attached hydrogens (tertiary/aromatic N) is 1. The predicted octanol–water partition coefficient (Wildman–Crippen LogP) is 1.49. The molecule has 2 aliphatic heterocycles. The minimum Gasteiger partial charge on any atom is -0.504 e. The molecule has 2 saturated carbocycles. The number of aliphatic hydroxyl groups is 1. The Morgan fingerprint density at radius 3 is 2.89 bits per heavy atom. The van der Waals surface area contributed by atoms with Crippen molar-refractivity contribution in [3.8, 4) is 11.5 Å². The van der Waals surface area contributed by atoms with E-state index in [1.54, 1.807) is 6.07 Å². The maximum absolute atomic E-state index is 16.2. The molecule has 2 heterocycles. The topological polar surface area (TPSA) is 65.0 Å². The first-order valence-electron chi connectivity index (χ1n) is 10.3. The average Bonchev–Trinajstić information content (AvgIpc) is 3.37. The fourth-order valence-corrected chi connectivity index (χ4v) is 6.78. The zero-order valence-corrected chi connectivity index (χ0v) is 15.6. The lowest BCUT2D eigenvalue weighted by atomic mass is 9.47. The number of aromatic hydroxyl groups is 1. The molecular formula is C21H27FN2O3. The van der Waals surface area contributed by atoms with Crippen LogP contribution in [0.5, 0.6) is 11.5 Å². The van der Waals surface area contributed by atoms with Crippen LogP contribution in [0.3, 0.4) is 0 Å². The first-order chi connectivity index (χ1) is 13.0. The van der Waals surface area contributed by atoms with Gasteiger partial charge in [-0.25, -0.2) is 4.39 Å². The van der Waals surface area contributed by atoms with E-state index >= 15 is 4.39 Å². The molecule has 1 saturated heterocycles. The summed E-state index contributed by atoms with van der Waals surface area (Å²) in [6, 6.07) is 3.44. The second-order valence-corrected chi connectivity index (χ2v) is 9.30. The van der Waals surface area contributed by atoms with Gasteiger partial charge in [-0.05, 0) is 56.7 Å². The number of likely N-dealkylation sites (tertiary alicyclic amines) is 1. The first kappa shape index (κ1) is 16.6. The zero-order valence-electron chi connectivity index (χ0n) is 15.6. The van der Waals surface area contributed by atoms with Gasteiger partial charge in [0.15, 0.2) is 11.5 Å². The summed E-state index contributed by atoms with van der Waals surface area (Å²) in [6.45, 7) is 1.22. The molecule has 6 atom stereocenters. The summed E-state index contributed by atoms with van der Waals surface area (Å²) in [7, 11) is 1.87. The molecule has 5 nitrogen and oxygen atoms in total. The van der Waals surface area contributed by atoms with Crippen molar-refractivity contribution in [2.75, 3.05) is 20.1 Å². The van der Waals surface area contributed by atoms with Crippen molar-refractivity contribution in [2.24, 2.45) is 5.92 Å². The van der Waals surface area contributed by atoms with E-state index in [-0.39, 0.29) is 17.8 Å². The number of benzene rings is 1. The molecule has 0 unspecified atom stereocenters.